The van der Waals surface area contributed by atoms with Gasteiger partial charge in [0.25, 0.3) is 0 Å². The van der Waals surface area contributed by atoms with E-state index in [-0.39, 0.29) is 11.9 Å². The molecule has 1 aliphatic heterocycles. The molecule has 0 spiro atoms. The summed E-state index contributed by atoms with van der Waals surface area (Å²) in [6.07, 6.45) is 1.61. The SMILES string of the molecule is CC(NCC1CN(C)CCN1C)C(=O)NCc1ccco1. The van der Waals surface area contributed by atoms with Crippen LogP contribution in [0.1, 0.15) is 12.7 Å². The van der Waals surface area contributed by atoms with E-state index in [9.17, 15) is 4.79 Å². The molecule has 0 saturated carbocycles. The highest BCUT2D eigenvalue weighted by Crippen LogP contribution is 2.05. The van der Waals surface area contributed by atoms with Crippen LogP contribution in [0.25, 0.3) is 0 Å². The van der Waals surface area contributed by atoms with Crippen molar-refractivity contribution >= 4 is 5.91 Å². The van der Waals surface area contributed by atoms with E-state index < -0.39 is 0 Å². The predicted octanol–water partition coefficient (Wildman–Crippen LogP) is 0.120. The van der Waals surface area contributed by atoms with Crippen LogP contribution in [0.3, 0.4) is 0 Å². The van der Waals surface area contributed by atoms with Gasteiger partial charge >= 0.3 is 0 Å². The Morgan fingerprint density at radius 1 is 1.48 bits per heavy atom. The van der Waals surface area contributed by atoms with Gasteiger partial charge in [0, 0.05) is 32.2 Å². The van der Waals surface area contributed by atoms with Crippen molar-refractivity contribution in [1.29, 1.82) is 0 Å². The molecule has 1 amide bonds. The maximum Gasteiger partial charge on any atom is 0.237 e. The summed E-state index contributed by atoms with van der Waals surface area (Å²) in [7, 11) is 4.28. The monoisotopic (exact) mass is 294 g/mol. The molecule has 1 aromatic rings. The second-order valence-corrected chi connectivity index (χ2v) is 5.82. The van der Waals surface area contributed by atoms with Crippen LogP contribution >= 0.6 is 0 Å². The second kappa shape index (κ2) is 7.59. The third kappa shape index (κ3) is 4.84. The van der Waals surface area contributed by atoms with Crippen LogP contribution in [-0.2, 0) is 11.3 Å². The number of likely N-dealkylation sites (N-methyl/N-ethyl adjacent to an activating group) is 2. The molecule has 0 radical (unpaired) electrons. The number of hydrogen-bond acceptors (Lipinski definition) is 5. The lowest BCUT2D eigenvalue weighted by atomic mass is 10.1. The van der Waals surface area contributed by atoms with Crippen molar-refractivity contribution < 1.29 is 9.21 Å². The molecular weight excluding hydrogens is 268 g/mol. The maximum absolute atomic E-state index is 12.0. The Labute approximate surface area is 126 Å². The summed E-state index contributed by atoms with van der Waals surface area (Å²) in [6, 6.07) is 3.91. The summed E-state index contributed by atoms with van der Waals surface area (Å²) in [4.78, 5) is 16.7. The lowest BCUT2D eigenvalue weighted by molar-refractivity contribution is -0.123. The van der Waals surface area contributed by atoms with Crippen molar-refractivity contribution in [2.24, 2.45) is 0 Å². The summed E-state index contributed by atoms with van der Waals surface area (Å²) in [5.41, 5.74) is 0. The predicted molar refractivity (Wildman–Crippen MR) is 81.9 cm³/mol. The lowest BCUT2D eigenvalue weighted by Crippen LogP contribution is -2.55. The molecule has 21 heavy (non-hydrogen) atoms. The van der Waals surface area contributed by atoms with E-state index in [2.05, 4.69) is 34.5 Å². The van der Waals surface area contributed by atoms with Crippen molar-refractivity contribution in [1.82, 2.24) is 20.4 Å². The maximum atomic E-state index is 12.0. The van der Waals surface area contributed by atoms with E-state index >= 15 is 0 Å². The minimum absolute atomic E-state index is 0.00165. The fraction of sp³-hybridized carbons (Fsp3) is 0.667. The van der Waals surface area contributed by atoms with Gasteiger partial charge < -0.3 is 20.0 Å². The molecule has 0 aliphatic carbocycles. The standard InChI is InChI=1S/C15H26N4O2/c1-12(15(20)17-10-14-5-4-8-21-14)16-9-13-11-18(2)6-7-19(13)3/h4-5,8,12-13,16H,6-7,9-11H2,1-3H3,(H,17,20). The molecule has 1 saturated heterocycles. The van der Waals surface area contributed by atoms with Crippen molar-refractivity contribution in [3.63, 3.8) is 0 Å². The molecule has 1 aromatic heterocycles. The number of furan rings is 1. The normalized spacial score (nSPS) is 22.1. The van der Waals surface area contributed by atoms with Crippen molar-refractivity contribution in [2.45, 2.75) is 25.6 Å². The Morgan fingerprint density at radius 3 is 3.00 bits per heavy atom. The number of nitrogens with zero attached hydrogens (tertiary/aromatic N) is 2. The number of hydrogen-bond donors (Lipinski definition) is 2. The van der Waals surface area contributed by atoms with Crippen LogP contribution in [0.5, 0.6) is 0 Å². The zero-order valence-electron chi connectivity index (χ0n) is 13.1. The van der Waals surface area contributed by atoms with Crippen molar-refractivity contribution in [2.75, 3.05) is 40.3 Å². The molecule has 6 nitrogen and oxygen atoms in total. The zero-order chi connectivity index (χ0) is 15.2. The summed E-state index contributed by atoms with van der Waals surface area (Å²) in [6.45, 7) is 6.35. The first-order valence-electron chi connectivity index (χ1n) is 7.48. The van der Waals surface area contributed by atoms with E-state index in [0.717, 1.165) is 31.9 Å². The minimum atomic E-state index is -0.208. The summed E-state index contributed by atoms with van der Waals surface area (Å²) in [5.74, 6) is 0.766. The Hall–Kier alpha value is -1.37. The Kier molecular flexibility index (Phi) is 5.78. The molecule has 0 aromatic carbocycles. The Balaban J connectivity index is 1.70. The Morgan fingerprint density at radius 2 is 2.29 bits per heavy atom. The molecular formula is C15H26N4O2. The molecule has 2 heterocycles. The van der Waals surface area contributed by atoms with E-state index in [1.54, 1.807) is 6.26 Å². The number of carbonyl (C=O) groups is 1. The van der Waals surface area contributed by atoms with E-state index in [1.807, 2.05) is 19.1 Å². The molecule has 118 valence electrons. The summed E-state index contributed by atoms with van der Waals surface area (Å²) < 4.78 is 5.20. The summed E-state index contributed by atoms with van der Waals surface area (Å²) >= 11 is 0. The van der Waals surface area contributed by atoms with Gasteiger partial charge in [0.1, 0.15) is 5.76 Å². The molecule has 2 rings (SSSR count). The van der Waals surface area contributed by atoms with Gasteiger partial charge in [-0.1, -0.05) is 0 Å². The van der Waals surface area contributed by atoms with Crippen LogP contribution in [0.15, 0.2) is 22.8 Å². The average molecular weight is 294 g/mol. The van der Waals surface area contributed by atoms with Crippen LogP contribution in [0.4, 0.5) is 0 Å². The molecule has 1 aliphatic rings. The van der Waals surface area contributed by atoms with Gasteiger partial charge in [0.15, 0.2) is 0 Å². The highest BCUT2D eigenvalue weighted by atomic mass is 16.3. The first kappa shape index (κ1) is 16.0. The van der Waals surface area contributed by atoms with Gasteiger partial charge in [-0.2, -0.15) is 0 Å². The van der Waals surface area contributed by atoms with Crippen LogP contribution in [0.2, 0.25) is 0 Å². The highest BCUT2D eigenvalue weighted by molar-refractivity contribution is 5.81. The van der Waals surface area contributed by atoms with Gasteiger partial charge in [-0.05, 0) is 33.2 Å². The van der Waals surface area contributed by atoms with Crippen LogP contribution < -0.4 is 10.6 Å². The van der Waals surface area contributed by atoms with Gasteiger partial charge in [0.2, 0.25) is 5.91 Å². The third-order valence-electron chi connectivity index (χ3n) is 4.05. The third-order valence-corrected chi connectivity index (χ3v) is 4.05. The fourth-order valence-corrected chi connectivity index (χ4v) is 2.47. The number of nitrogens with one attached hydrogen (secondary N) is 2. The number of rotatable bonds is 6. The number of amides is 1. The van der Waals surface area contributed by atoms with Crippen molar-refractivity contribution in [3.8, 4) is 0 Å². The smallest absolute Gasteiger partial charge is 0.237 e. The lowest BCUT2D eigenvalue weighted by Gasteiger charge is -2.38. The number of piperazine rings is 1. The van der Waals surface area contributed by atoms with E-state index in [0.29, 0.717) is 12.6 Å². The van der Waals surface area contributed by atoms with Crippen molar-refractivity contribution in [3.05, 3.63) is 24.2 Å². The summed E-state index contributed by atoms with van der Waals surface area (Å²) in [5, 5.41) is 6.20. The quantitative estimate of drug-likeness (QED) is 0.780. The fourth-order valence-electron chi connectivity index (χ4n) is 2.47. The van der Waals surface area contributed by atoms with Crippen LogP contribution in [0, 0.1) is 0 Å². The first-order chi connectivity index (χ1) is 10.1. The van der Waals surface area contributed by atoms with Gasteiger partial charge in [-0.25, -0.2) is 0 Å². The van der Waals surface area contributed by atoms with E-state index in [4.69, 9.17) is 4.42 Å². The topological polar surface area (TPSA) is 60.8 Å². The van der Waals surface area contributed by atoms with Gasteiger partial charge in [0.05, 0.1) is 18.8 Å². The zero-order valence-corrected chi connectivity index (χ0v) is 13.1. The van der Waals surface area contributed by atoms with Gasteiger partial charge in [-0.15, -0.1) is 0 Å². The van der Waals surface area contributed by atoms with E-state index in [1.165, 1.54) is 0 Å². The molecule has 2 N–H and O–H groups in total. The van der Waals surface area contributed by atoms with Gasteiger partial charge in [-0.3, -0.25) is 9.69 Å². The molecule has 2 unspecified atom stereocenters. The average Bonchev–Trinajstić information content (AvgIpc) is 2.98. The second-order valence-electron chi connectivity index (χ2n) is 5.82. The molecule has 0 bridgehead atoms. The first-order valence-corrected chi connectivity index (χ1v) is 7.48. The molecule has 6 heteroatoms. The minimum Gasteiger partial charge on any atom is -0.467 e. The molecule has 1 fully saturated rings. The Bertz CT molecular complexity index is 435. The largest absolute Gasteiger partial charge is 0.467 e. The number of carbonyl (C=O) groups excluding carboxylic acids is 1. The molecule has 2 atom stereocenters. The van der Waals surface area contributed by atoms with Crippen LogP contribution in [-0.4, -0.2) is 68.1 Å². The highest BCUT2D eigenvalue weighted by Gasteiger charge is 2.23.